The van der Waals surface area contributed by atoms with Gasteiger partial charge in [-0.05, 0) is 23.3 Å². The Bertz CT molecular complexity index is 628. The van der Waals surface area contributed by atoms with Crippen LogP contribution in [0.5, 0.6) is 0 Å². The lowest BCUT2D eigenvalue weighted by atomic mass is 10.0. The summed E-state index contributed by atoms with van der Waals surface area (Å²) >= 11 is 0. The summed E-state index contributed by atoms with van der Waals surface area (Å²) in [4.78, 5) is 14.0. The fourth-order valence-electron chi connectivity index (χ4n) is 1.68. The first-order chi connectivity index (χ1) is 9.40. The number of rotatable bonds is 1. The van der Waals surface area contributed by atoms with E-state index in [1.165, 1.54) is 0 Å². The molecule has 0 heterocycles. The maximum Gasteiger partial charge on any atom is 0.240 e. The summed E-state index contributed by atoms with van der Waals surface area (Å²) in [6.45, 7) is 0. The molecule has 0 bridgehead atoms. The maximum atomic E-state index is 10.3. The molecule has 0 radical (unpaired) electrons. The van der Waals surface area contributed by atoms with E-state index in [2.05, 4.69) is 4.99 Å². The van der Waals surface area contributed by atoms with E-state index in [0.29, 0.717) is 5.70 Å². The van der Waals surface area contributed by atoms with Crippen LogP contribution in [0.2, 0.25) is 0 Å². The molecule has 2 rings (SSSR count). The van der Waals surface area contributed by atoms with E-state index in [4.69, 9.17) is 0 Å². The second-order valence-electron chi connectivity index (χ2n) is 3.89. The van der Waals surface area contributed by atoms with E-state index in [-0.39, 0.29) is 0 Å². The number of isocyanates is 1. The predicted octanol–water partition coefficient (Wildman–Crippen LogP) is 3.87. The molecule has 0 fully saturated rings. The first-order valence-electron chi connectivity index (χ1n) is 5.97. The van der Waals surface area contributed by atoms with E-state index in [9.17, 15) is 4.79 Å². The van der Waals surface area contributed by atoms with Crippen molar-refractivity contribution in [3.63, 3.8) is 0 Å². The standard InChI is InChI=1S/C17H13NO/c19-14-18-17-11-7-6-10-15-8-4-2-1-3-5-9-16(15)12-13-17/h1-13H/b2-1-,3-1?,4-2?,5-3-,7-6-,8-4-,9-5?,10-6?,11-7?,13-12-,15-8?,15-10-,16-9-,16-12?,17-11+,17-13?. The van der Waals surface area contributed by atoms with Crippen molar-refractivity contribution in [3.8, 4) is 0 Å². The summed E-state index contributed by atoms with van der Waals surface area (Å²) in [5, 5.41) is 0. The highest BCUT2D eigenvalue weighted by atomic mass is 16.1. The molecule has 0 saturated heterocycles. The molecule has 92 valence electrons. The Kier molecular flexibility index (Phi) is 4.63. The van der Waals surface area contributed by atoms with Crippen molar-refractivity contribution in [1.82, 2.24) is 0 Å². The van der Waals surface area contributed by atoms with Crippen LogP contribution in [-0.2, 0) is 4.79 Å². The molecule has 19 heavy (non-hydrogen) atoms. The monoisotopic (exact) mass is 247 g/mol. The topological polar surface area (TPSA) is 29.4 Å². The molecule has 0 aromatic carbocycles. The average Bonchev–Trinajstić information content (AvgIpc) is 2.57. The van der Waals surface area contributed by atoms with E-state index in [1.54, 1.807) is 18.2 Å². The second kappa shape index (κ2) is 6.90. The molecule has 0 N–H and O–H groups in total. The summed E-state index contributed by atoms with van der Waals surface area (Å²) < 4.78 is 0. The van der Waals surface area contributed by atoms with Crippen LogP contribution < -0.4 is 0 Å². The molecule has 0 saturated carbocycles. The molecule has 2 aliphatic carbocycles. The number of carbonyl (C=O) groups excluding carboxylic acids is 1. The summed E-state index contributed by atoms with van der Waals surface area (Å²) in [7, 11) is 0. The van der Waals surface area contributed by atoms with Crippen LogP contribution in [0.1, 0.15) is 0 Å². The van der Waals surface area contributed by atoms with Gasteiger partial charge < -0.3 is 0 Å². The summed E-state index contributed by atoms with van der Waals surface area (Å²) in [5.41, 5.74) is 2.72. The van der Waals surface area contributed by atoms with Gasteiger partial charge in [0, 0.05) is 0 Å². The third kappa shape index (κ3) is 3.91. The van der Waals surface area contributed by atoms with Crippen LogP contribution in [0.4, 0.5) is 0 Å². The largest absolute Gasteiger partial charge is 0.240 e. The Morgan fingerprint density at radius 3 is 2.16 bits per heavy atom. The van der Waals surface area contributed by atoms with Gasteiger partial charge in [-0.15, -0.1) is 0 Å². The van der Waals surface area contributed by atoms with Crippen LogP contribution in [0.25, 0.3) is 0 Å². The predicted molar refractivity (Wildman–Crippen MR) is 78.1 cm³/mol. The Balaban J connectivity index is 2.45. The van der Waals surface area contributed by atoms with Gasteiger partial charge in [-0.3, -0.25) is 0 Å². The fraction of sp³-hybridized carbons (Fsp3) is 0. The summed E-state index contributed by atoms with van der Waals surface area (Å²) in [6, 6.07) is 0. The van der Waals surface area contributed by atoms with Crippen molar-refractivity contribution in [2.45, 2.75) is 0 Å². The molecule has 0 aromatic heterocycles. The third-order valence-electron chi connectivity index (χ3n) is 2.59. The van der Waals surface area contributed by atoms with Gasteiger partial charge in [0.15, 0.2) is 0 Å². The van der Waals surface area contributed by atoms with Gasteiger partial charge in [-0.25, -0.2) is 4.79 Å². The number of hydrogen-bond donors (Lipinski definition) is 0. The lowest BCUT2D eigenvalue weighted by Gasteiger charge is -2.01. The molecule has 0 unspecified atom stereocenters. The second-order valence-corrected chi connectivity index (χ2v) is 3.89. The van der Waals surface area contributed by atoms with Crippen LogP contribution in [-0.4, -0.2) is 6.08 Å². The molecule has 0 spiro atoms. The number of aliphatic imine (C=N–C) groups is 1. The van der Waals surface area contributed by atoms with Gasteiger partial charge in [-0.2, -0.15) is 4.99 Å². The van der Waals surface area contributed by atoms with Crippen molar-refractivity contribution in [2.24, 2.45) is 4.99 Å². The van der Waals surface area contributed by atoms with Gasteiger partial charge in [0.25, 0.3) is 0 Å². The van der Waals surface area contributed by atoms with E-state index >= 15 is 0 Å². The van der Waals surface area contributed by atoms with Crippen molar-refractivity contribution >= 4 is 6.08 Å². The summed E-state index contributed by atoms with van der Waals surface area (Å²) in [5.74, 6) is 0. The normalized spacial score (nSPS) is 34.0. The minimum absolute atomic E-state index is 0.577. The lowest BCUT2D eigenvalue weighted by molar-refractivity contribution is 0.565. The van der Waals surface area contributed by atoms with E-state index < -0.39 is 0 Å². The van der Waals surface area contributed by atoms with Crippen molar-refractivity contribution in [2.75, 3.05) is 0 Å². The Hall–Kier alpha value is -2.70. The maximum absolute atomic E-state index is 10.3. The van der Waals surface area contributed by atoms with Gasteiger partial charge in [-0.1, -0.05) is 66.8 Å². The van der Waals surface area contributed by atoms with Gasteiger partial charge in [0.05, 0.1) is 5.70 Å². The Labute approximate surface area is 112 Å². The van der Waals surface area contributed by atoms with Crippen LogP contribution >= 0.6 is 0 Å². The third-order valence-corrected chi connectivity index (χ3v) is 2.59. The van der Waals surface area contributed by atoms with Crippen LogP contribution in [0.3, 0.4) is 0 Å². The number of fused-ring (bicyclic) bond motifs is 1. The highest BCUT2D eigenvalue weighted by molar-refractivity contribution is 5.53. The van der Waals surface area contributed by atoms with Crippen molar-refractivity contribution in [3.05, 3.63) is 95.8 Å². The molecule has 2 nitrogen and oxygen atoms in total. The highest BCUT2D eigenvalue weighted by Crippen LogP contribution is 2.18. The first-order valence-corrected chi connectivity index (χ1v) is 5.97. The Morgan fingerprint density at radius 1 is 0.684 bits per heavy atom. The number of nitrogens with zero attached hydrogens (tertiary/aromatic N) is 1. The molecular weight excluding hydrogens is 234 g/mol. The first kappa shape index (κ1) is 12.7. The average molecular weight is 247 g/mol. The lowest BCUT2D eigenvalue weighted by Crippen LogP contribution is -1.83. The molecule has 0 amide bonds. The molecule has 0 aliphatic heterocycles. The smallest absolute Gasteiger partial charge is 0.211 e. The number of allylic oxidation sites excluding steroid dienone is 15. The zero-order chi connectivity index (χ0) is 13.3. The van der Waals surface area contributed by atoms with Crippen molar-refractivity contribution < 1.29 is 4.79 Å². The zero-order valence-corrected chi connectivity index (χ0v) is 10.4. The number of hydrogen-bond acceptors (Lipinski definition) is 2. The van der Waals surface area contributed by atoms with Crippen molar-refractivity contribution in [1.29, 1.82) is 0 Å². The van der Waals surface area contributed by atoms with Gasteiger partial charge in [0.1, 0.15) is 0 Å². The van der Waals surface area contributed by atoms with Crippen LogP contribution in [0, 0.1) is 0 Å². The van der Waals surface area contributed by atoms with E-state index in [1.807, 2.05) is 66.8 Å². The van der Waals surface area contributed by atoms with Gasteiger partial charge in [0.2, 0.25) is 6.08 Å². The minimum Gasteiger partial charge on any atom is -0.211 e. The fourth-order valence-corrected chi connectivity index (χ4v) is 1.68. The van der Waals surface area contributed by atoms with E-state index in [0.717, 1.165) is 11.1 Å². The SMILES string of the molecule is O=C=NC1=C\C=C/C=C2/C=C\C=C/C=C\C=C2\C=C/1. The van der Waals surface area contributed by atoms with Crippen LogP contribution in [0.15, 0.2) is 101 Å². The highest BCUT2D eigenvalue weighted by Gasteiger charge is 1.99. The Morgan fingerprint density at radius 2 is 1.32 bits per heavy atom. The quantitative estimate of drug-likeness (QED) is 0.511. The molecular formula is C17H13NO. The summed E-state index contributed by atoms with van der Waals surface area (Å²) in [6.07, 6.45) is 26.8. The molecule has 0 aromatic rings. The minimum atomic E-state index is 0.577. The van der Waals surface area contributed by atoms with Gasteiger partial charge >= 0.3 is 0 Å². The zero-order valence-electron chi connectivity index (χ0n) is 10.4. The molecule has 0 atom stereocenters. The molecule has 2 aliphatic rings. The molecule has 2 heteroatoms.